The summed E-state index contributed by atoms with van der Waals surface area (Å²) in [6, 6.07) is 9.24. The minimum absolute atomic E-state index is 0.00344. The van der Waals surface area contributed by atoms with Crippen molar-refractivity contribution in [3.63, 3.8) is 0 Å². The predicted octanol–water partition coefficient (Wildman–Crippen LogP) is 3.64. The predicted molar refractivity (Wildman–Crippen MR) is 117 cm³/mol. The summed E-state index contributed by atoms with van der Waals surface area (Å²) >= 11 is 5.40. The summed E-state index contributed by atoms with van der Waals surface area (Å²) < 4.78 is 12.1. The lowest BCUT2D eigenvalue weighted by Crippen LogP contribution is -2.25. The number of azo groups is 1. The molecule has 0 N–H and O–H groups in total. The van der Waals surface area contributed by atoms with E-state index in [0.29, 0.717) is 29.2 Å². The Kier molecular flexibility index (Phi) is 6.16. The Morgan fingerprint density at radius 1 is 0.967 bits per heavy atom. The number of ether oxygens (including phenoxy) is 1. The van der Waals surface area contributed by atoms with E-state index in [9.17, 15) is 9.59 Å². The lowest BCUT2D eigenvalue weighted by atomic mass is 10.3. The van der Waals surface area contributed by atoms with Crippen molar-refractivity contribution in [2.45, 2.75) is 33.9 Å². The molecule has 30 heavy (non-hydrogen) atoms. The summed E-state index contributed by atoms with van der Waals surface area (Å²) in [7, 11) is 3.21. The van der Waals surface area contributed by atoms with Crippen LogP contribution >= 0.6 is 12.2 Å². The first-order chi connectivity index (χ1) is 14.4. The van der Waals surface area contributed by atoms with Crippen LogP contribution in [0, 0.1) is 11.7 Å². The average Bonchev–Trinajstić information content (AvgIpc) is 2.96. The van der Waals surface area contributed by atoms with Gasteiger partial charge in [0.15, 0.2) is 10.5 Å². The van der Waals surface area contributed by atoms with E-state index in [1.807, 2.05) is 44.2 Å². The zero-order valence-electron chi connectivity index (χ0n) is 17.6. The van der Waals surface area contributed by atoms with Crippen LogP contribution in [0.3, 0.4) is 0 Å². The normalized spacial score (nSPS) is 11.4. The number of benzene rings is 1. The zero-order valence-corrected chi connectivity index (χ0v) is 18.4. The molecule has 0 fully saturated rings. The summed E-state index contributed by atoms with van der Waals surface area (Å²) in [5.74, 6) is 0.220. The first-order valence-electron chi connectivity index (χ1n) is 9.54. The third kappa shape index (κ3) is 3.43. The van der Waals surface area contributed by atoms with Crippen molar-refractivity contribution in [3.05, 3.63) is 61.5 Å². The van der Waals surface area contributed by atoms with E-state index in [4.69, 9.17) is 17.0 Å². The highest BCUT2D eigenvalue weighted by molar-refractivity contribution is 7.71. The smallest absolute Gasteiger partial charge is 0.299 e. The highest BCUT2D eigenvalue weighted by Gasteiger charge is 2.19. The number of para-hydroxylation sites is 1. The summed E-state index contributed by atoms with van der Waals surface area (Å²) in [4.78, 5) is 25.9. The molecule has 9 nitrogen and oxygen atoms in total. The molecule has 0 aliphatic carbocycles. The van der Waals surface area contributed by atoms with E-state index in [2.05, 4.69) is 10.2 Å². The number of aromatic nitrogens is 4. The average molecular weight is 429 g/mol. The molecule has 158 valence electrons. The molecule has 0 aliphatic rings. The van der Waals surface area contributed by atoms with Gasteiger partial charge in [0.05, 0.1) is 18.5 Å². The van der Waals surface area contributed by atoms with E-state index in [1.54, 1.807) is 23.2 Å². The molecule has 0 bridgehead atoms. The Morgan fingerprint density at radius 2 is 1.57 bits per heavy atom. The summed E-state index contributed by atoms with van der Waals surface area (Å²) in [6.07, 6.45) is 0. The van der Waals surface area contributed by atoms with Crippen LogP contribution in [0.25, 0.3) is 5.69 Å². The van der Waals surface area contributed by atoms with Crippen LogP contribution in [-0.4, -0.2) is 25.6 Å². The van der Waals surface area contributed by atoms with Gasteiger partial charge in [-0.15, -0.1) is 10.2 Å². The molecule has 0 saturated heterocycles. The minimum Gasteiger partial charge on any atom is -0.480 e. The Labute approximate surface area is 178 Å². The van der Waals surface area contributed by atoms with Gasteiger partial charge in [-0.25, -0.2) is 4.68 Å². The van der Waals surface area contributed by atoms with Crippen molar-refractivity contribution in [3.8, 4) is 11.6 Å². The minimum atomic E-state index is -0.412. The molecule has 0 saturated carbocycles. The molecule has 10 heteroatoms. The molecular formula is C20H24N6O3S. The summed E-state index contributed by atoms with van der Waals surface area (Å²) in [6.45, 7) is 6.37. The second kappa shape index (κ2) is 8.62. The number of nitrogens with zero attached hydrogens (tertiary/aromatic N) is 6. The fraction of sp³-hybridized carbons (Fsp3) is 0.350. The van der Waals surface area contributed by atoms with Crippen LogP contribution in [0.4, 0.5) is 11.4 Å². The van der Waals surface area contributed by atoms with Crippen LogP contribution in [0.5, 0.6) is 5.88 Å². The quantitative estimate of drug-likeness (QED) is 0.443. The number of methoxy groups -OCH3 is 1. The van der Waals surface area contributed by atoms with E-state index in [-0.39, 0.29) is 22.8 Å². The lowest BCUT2D eigenvalue weighted by Gasteiger charge is -2.15. The number of rotatable bonds is 6. The SMILES string of the molecule is CCn1c(OC)c(/N=N/c2c(C)n(C)n(-c3ccccc3)c2=O)c(=O)n(CC)c1=S. The molecule has 0 aliphatic heterocycles. The van der Waals surface area contributed by atoms with Gasteiger partial charge < -0.3 is 4.74 Å². The van der Waals surface area contributed by atoms with E-state index < -0.39 is 5.56 Å². The van der Waals surface area contributed by atoms with Gasteiger partial charge in [-0.2, -0.15) is 0 Å². The van der Waals surface area contributed by atoms with E-state index >= 15 is 0 Å². The van der Waals surface area contributed by atoms with Crippen molar-refractivity contribution < 1.29 is 4.74 Å². The maximum Gasteiger partial charge on any atom is 0.299 e. The Bertz CT molecular complexity index is 1280. The van der Waals surface area contributed by atoms with Gasteiger partial charge in [0, 0.05) is 20.1 Å². The molecule has 2 heterocycles. The van der Waals surface area contributed by atoms with E-state index in [1.165, 1.54) is 16.4 Å². The molecule has 0 atom stereocenters. The largest absolute Gasteiger partial charge is 0.480 e. The van der Waals surface area contributed by atoms with E-state index in [0.717, 1.165) is 0 Å². The van der Waals surface area contributed by atoms with Crippen LogP contribution < -0.4 is 15.9 Å². The maximum atomic E-state index is 13.0. The van der Waals surface area contributed by atoms with Gasteiger partial charge in [-0.05, 0) is 45.1 Å². The Hall–Kier alpha value is -3.27. The van der Waals surface area contributed by atoms with Crippen LogP contribution in [0.15, 0.2) is 50.1 Å². The van der Waals surface area contributed by atoms with Gasteiger partial charge in [0.2, 0.25) is 11.6 Å². The van der Waals surface area contributed by atoms with Gasteiger partial charge in [-0.3, -0.25) is 23.4 Å². The van der Waals surface area contributed by atoms with Gasteiger partial charge in [-0.1, -0.05) is 18.2 Å². The fourth-order valence-corrected chi connectivity index (χ4v) is 3.71. The zero-order chi connectivity index (χ0) is 22.0. The molecule has 3 aromatic rings. The third-order valence-electron chi connectivity index (χ3n) is 4.96. The molecule has 3 rings (SSSR count). The van der Waals surface area contributed by atoms with Gasteiger partial charge in [0.25, 0.3) is 11.1 Å². The van der Waals surface area contributed by atoms with Crippen molar-refractivity contribution in [1.82, 2.24) is 18.5 Å². The molecule has 0 unspecified atom stereocenters. The molecule has 0 spiro atoms. The maximum absolute atomic E-state index is 13.0. The molecule has 2 aromatic heterocycles. The topological polar surface area (TPSA) is 87.8 Å². The lowest BCUT2D eigenvalue weighted by molar-refractivity contribution is 0.362. The Balaban J connectivity index is 2.22. The second-order valence-corrected chi connectivity index (χ2v) is 6.91. The molecule has 0 radical (unpaired) electrons. The fourth-order valence-electron chi connectivity index (χ4n) is 3.29. The monoisotopic (exact) mass is 428 g/mol. The first kappa shape index (κ1) is 21.4. The number of hydrogen-bond acceptors (Lipinski definition) is 6. The van der Waals surface area contributed by atoms with Crippen molar-refractivity contribution in [1.29, 1.82) is 0 Å². The highest BCUT2D eigenvalue weighted by atomic mass is 32.1. The standard InChI is InChI=1S/C20H24N6O3S/c1-6-24-17(27)16(19(29-5)25(7-2)20(24)30)22-21-15-13(3)23(4)26(18(15)28)14-11-9-8-10-12-14/h8-12H,6-7H2,1-5H3/b22-21+. The molecule has 1 aromatic carbocycles. The second-order valence-electron chi connectivity index (χ2n) is 6.54. The van der Waals surface area contributed by atoms with Crippen molar-refractivity contribution in [2.75, 3.05) is 7.11 Å². The third-order valence-corrected chi connectivity index (χ3v) is 5.40. The van der Waals surface area contributed by atoms with Crippen LogP contribution in [-0.2, 0) is 20.1 Å². The molecular weight excluding hydrogens is 404 g/mol. The first-order valence-corrected chi connectivity index (χ1v) is 9.95. The molecule has 0 amide bonds. The Morgan fingerprint density at radius 3 is 2.13 bits per heavy atom. The summed E-state index contributed by atoms with van der Waals surface area (Å²) in [5.41, 5.74) is 0.734. The number of hydrogen-bond donors (Lipinski definition) is 0. The highest BCUT2D eigenvalue weighted by Crippen LogP contribution is 2.26. The van der Waals surface area contributed by atoms with Crippen LogP contribution in [0.2, 0.25) is 0 Å². The van der Waals surface area contributed by atoms with Crippen molar-refractivity contribution >= 4 is 23.6 Å². The van der Waals surface area contributed by atoms with Gasteiger partial charge in [0.1, 0.15) is 0 Å². The van der Waals surface area contributed by atoms with Gasteiger partial charge >= 0.3 is 0 Å². The van der Waals surface area contributed by atoms with Crippen LogP contribution in [0.1, 0.15) is 19.5 Å². The summed E-state index contributed by atoms with van der Waals surface area (Å²) in [5, 5.41) is 8.31. The van der Waals surface area contributed by atoms with Crippen molar-refractivity contribution in [2.24, 2.45) is 17.3 Å².